The van der Waals surface area contributed by atoms with Crippen molar-refractivity contribution >= 4 is 11.4 Å². The molecule has 0 aromatic heterocycles. The van der Waals surface area contributed by atoms with Gasteiger partial charge in [-0.1, -0.05) is 0 Å². The van der Waals surface area contributed by atoms with Crippen LogP contribution in [0.25, 0.3) is 0 Å². The largest absolute Gasteiger partial charge is 0.493 e. The molecule has 1 aromatic rings. The van der Waals surface area contributed by atoms with Crippen LogP contribution in [-0.4, -0.2) is 52.6 Å². The first-order chi connectivity index (χ1) is 10.1. The Bertz CT molecular complexity index is 466. The molecule has 1 N–H and O–H groups in total. The van der Waals surface area contributed by atoms with Crippen LogP contribution in [0.3, 0.4) is 0 Å². The number of anilines is 1. The van der Waals surface area contributed by atoms with Gasteiger partial charge in [-0.05, 0) is 0 Å². The Balaban J connectivity index is 2.72. The monoisotopic (exact) mass is 300 g/mol. The summed E-state index contributed by atoms with van der Waals surface area (Å²) < 4.78 is 20.3. The van der Waals surface area contributed by atoms with Crippen molar-refractivity contribution in [1.82, 2.24) is 0 Å². The Morgan fingerprint density at radius 1 is 1.10 bits per heavy atom. The van der Waals surface area contributed by atoms with Gasteiger partial charge in [0.2, 0.25) is 0 Å². The lowest BCUT2D eigenvalue weighted by Crippen LogP contribution is -2.13. The third kappa shape index (κ3) is 5.09. The Morgan fingerprint density at radius 2 is 1.76 bits per heavy atom. The van der Waals surface area contributed by atoms with Gasteiger partial charge in [0.25, 0.3) is 5.69 Å². The van der Waals surface area contributed by atoms with Crippen molar-refractivity contribution in [2.75, 3.05) is 53.0 Å². The second kappa shape index (κ2) is 8.98. The van der Waals surface area contributed by atoms with E-state index in [9.17, 15) is 10.1 Å². The summed E-state index contributed by atoms with van der Waals surface area (Å²) in [5.41, 5.74) is 0.275. The summed E-state index contributed by atoms with van der Waals surface area (Å²) in [6.45, 7) is 1.83. The van der Waals surface area contributed by atoms with Crippen LogP contribution in [-0.2, 0) is 9.47 Å². The van der Waals surface area contributed by atoms with Gasteiger partial charge in [-0.3, -0.25) is 10.1 Å². The molecule has 0 aliphatic rings. The first-order valence-electron chi connectivity index (χ1n) is 6.35. The number of ether oxygens (including phenoxy) is 4. The second-order valence-corrected chi connectivity index (χ2v) is 4.01. The van der Waals surface area contributed by atoms with Crippen molar-refractivity contribution in [2.24, 2.45) is 0 Å². The van der Waals surface area contributed by atoms with E-state index in [-0.39, 0.29) is 5.69 Å². The topological polar surface area (TPSA) is 92.1 Å². The summed E-state index contributed by atoms with van der Waals surface area (Å²) in [5, 5.41) is 14.0. The Labute approximate surface area is 123 Å². The van der Waals surface area contributed by atoms with Gasteiger partial charge in [-0.25, -0.2) is 0 Å². The average molecular weight is 300 g/mol. The lowest BCUT2D eigenvalue weighted by atomic mass is 10.2. The summed E-state index contributed by atoms with van der Waals surface area (Å²) >= 11 is 0. The molecule has 0 radical (unpaired) electrons. The molecule has 8 nitrogen and oxygen atoms in total. The number of hydrogen-bond acceptors (Lipinski definition) is 7. The maximum atomic E-state index is 11.1. The molecular formula is C13H20N2O6. The minimum absolute atomic E-state index is 0.0791. The predicted molar refractivity (Wildman–Crippen MR) is 77.4 cm³/mol. The van der Waals surface area contributed by atoms with Gasteiger partial charge in [0, 0.05) is 19.7 Å². The number of nitrogens with one attached hydrogen (secondary N) is 1. The molecule has 0 unspecified atom stereocenters. The molecule has 0 saturated heterocycles. The van der Waals surface area contributed by atoms with Crippen molar-refractivity contribution < 1.29 is 23.9 Å². The first-order valence-corrected chi connectivity index (χ1v) is 6.35. The summed E-state index contributed by atoms with van der Waals surface area (Å²) in [4.78, 5) is 10.6. The van der Waals surface area contributed by atoms with Crippen LogP contribution in [0.4, 0.5) is 11.4 Å². The molecule has 0 atom stereocenters. The van der Waals surface area contributed by atoms with Gasteiger partial charge in [0.05, 0.1) is 45.0 Å². The van der Waals surface area contributed by atoms with E-state index < -0.39 is 4.92 Å². The number of methoxy groups -OCH3 is 3. The van der Waals surface area contributed by atoms with Crippen LogP contribution in [0, 0.1) is 10.1 Å². The van der Waals surface area contributed by atoms with Gasteiger partial charge < -0.3 is 24.3 Å². The van der Waals surface area contributed by atoms with E-state index in [1.165, 1.54) is 26.4 Å². The molecule has 0 heterocycles. The minimum Gasteiger partial charge on any atom is -0.493 e. The van der Waals surface area contributed by atoms with Crippen LogP contribution < -0.4 is 14.8 Å². The van der Waals surface area contributed by atoms with Crippen LogP contribution in [0.15, 0.2) is 12.1 Å². The fourth-order valence-electron chi connectivity index (χ4n) is 1.66. The number of rotatable bonds is 10. The third-order valence-electron chi connectivity index (χ3n) is 2.69. The van der Waals surface area contributed by atoms with Gasteiger partial charge in [-0.2, -0.15) is 0 Å². The Hall–Kier alpha value is -2.06. The molecule has 8 heteroatoms. The summed E-state index contributed by atoms with van der Waals surface area (Å²) in [5.74, 6) is 0.733. The van der Waals surface area contributed by atoms with E-state index in [1.54, 1.807) is 7.11 Å². The van der Waals surface area contributed by atoms with Gasteiger partial charge in [0.15, 0.2) is 11.5 Å². The fourth-order valence-corrected chi connectivity index (χ4v) is 1.66. The van der Waals surface area contributed by atoms with E-state index in [0.717, 1.165) is 0 Å². The van der Waals surface area contributed by atoms with E-state index in [4.69, 9.17) is 18.9 Å². The molecule has 0 bridgehead atoms. The molecule has 0 fully saturated rings. The fraction of sp³-hybridized carbons (Fsp3) is 0.538. The van der Waals surface area contributed by atoms with Gasteiger partial charge >= 0.3 is 0 Å². The molecule has 1 aromatic carbocycles. The number of nitrogens with zero attached hydrogens (tertiary/aromatic N) is 1. The third-order valence-corrected chi connectivity index (χ3v) is 2.69. The van der Waals surface area contributed by atoms with E-state index in [0.29, 0.717) is 43.6 Å². The normalized spacial score (nSPS) is 10.2. The Morgan fingerprint density at radius 3 is 2.33 bits per heavy atom. The Kier molecular flexibility index (Phi) is 7.27. The van der Waals surface area contributed by atoms with Gasteiger partial charge in [0.1, 0.15) is 5.69 Å². The number of benzene rings is 1. The molecule has 118 valence electrons. The lowest BCUT2D eigenvalue weighted by Gasteiger charge is -2.12. The van der Waals surface area contributed by atoms with Crippen LogP contribution in [0.2, 0.25) is 0 Å². The molecule has 21 heavy (non-hydrogen) atoms. The van der Waals surface area contributed by atoms with Crippen molar-refractivity contribution in [1.29, 1.82) is 0 Å². The zero-order valence-electron chi connectivity index (χ0n) is 12.4. The van der Waals surface area contributed by atoms with Crippen LogP contribution in [0.1, 0.15) is 0 Å². The molecule has 0 spiro atoms. The maximum Gasteiger partial charge on any atom is 0.296 e. The smallest absolute Gasteiger partial charge is 0.296 e. The molecule has 0 saturated carbocycles. The summed E-state index contributed by atoms with van der Waals surface area (Å²) in [6.07, 6.45) is 0. The van der Waals surface area contributed by atoms with Crippen molar-refractivity contribution in [3.8, 4) is 11.5 Å². The number of nitro groups is 1. The van der Waals surface area contributed by atoms with Crippen molar-refractivity contribution in [2.45, 2.75) is 0 Å². The zero-order chi connectivity index (χ0) is 15.7. The number of hydrogen-bond donors (Lipinski definition) is 1. The standard InChI is InChI=1S/C13H20N2O6/c1-18-6-7-21-5-4-14-10-8-12(19-2)13(20-3)9-11(10)15(16)17/h8-9,14H,4-7H2,1-3H3. The van der Waals surface area contributed by atoms with Crippen molar-refractivity contribution in [3.63, 3.8) is 0 Å². The lowest BCUT2D eigenvalue weighted by molar-refractivity contribution is -0.384. The van der Waals surface area contributed by atoms with E-state index in [1.807, 2.05) is 0 Å². The highest BCUT2D eigenvalue weighted by Gasteiger charge is 2.19. The average Bonchev–Trinajstić information content (AvgIpc) is 2.49. The molecule has 0 aliphatic heterocycles. The predicted octanol–water partition coefficient (Wildman–Crippen LogP) is 1.69. The quantitative estimate of drug-likeness (QED) is 0.399. The number of nitro benzene ring substituents is 1. The van der Waals surface area contributed by atoms with E-state index in [2.05, 4.69) is 5.32 Å². The van der Waals surface area contributed by atoms with Crippen molar-refractivity contribution in [3.05, 3.63) is 22.2 Å². The first kappa shape index (κ1) is 17.0. The molecule has 0 aliphatic carbocycles. The van der Waals surface area contributed by atoms with Crippen LogP contribution >= 0.6 is 0 Å². The minimum atomic E-state index is -0.476. The van der Waals surface area contributed by atoms with Gasteiger partial charge in [-0.15, -0.1) is 0 Å². The molecule has 1 rings (SSSR count). The second-order valence-electron chi connectivity index (χ2n) is 4.01. The highest BCUT2D eigenvalue weighted by atomic mass is 16.6. The molecular weight excluding hydrogens is 280 g/mol. The summed E-state index contributed by atoms with van der Waals surface area (Å²) in [6, 6.07) is 2.86. The zero-order valence-corrected chi connectivity index (χ0v) is 12.4. The SMILES string of the molecule is COCCOCCNc1cc(OC)c(OC)cc1[N+](=O)[O-]. The highest BCUT2D eigenvalue weighted by Crippen LogP contribution is 2.37. The molecule has 0 amide bonds. The highest BCUT2D eigenvalue weighted by molar-refractivity contribution is 5.68. The summed E-state index contributed by atoms with van der Waals surface area (Å²) in [7, 11) is 4.49. The van der Waals surface area contributed by atoms with Crippen LogP contribution in [0.5, 0.6) is 11.5 Å². The van der Waals surface area contributed by atoms with E-state index >= 15 is 0 Å². The maximum absolute atomic E-state index is 11.1.